The number of ether oxygens (including phenoxy) is 2. The zero-order chi connectivity index (χ0) is 31.7. The van der Waals surface area contributed by atoms with Gasteiger partial charge in [-0.05, 0) is 110 Å². The quantitative estimate of drug-likeness (QED) is 0.293. The van der Waals surface area contributed by atoms with Crippen LogP contribution in [0, 0.1) is 28.6 Å². The number of aliphatic hydroxyl groups excluding tert-OH is 1. The molecule has 2 aromatic rings. The molecule has 7 heteroatoms. The third kappa shape index (κ3) is 6.25. The lowest BCUT2D eigenvalue weighted by Gasteiger charge is -2.56. The molecule has 5 saturated carbocycles. The molecule has 0 aromatic heterocycles. The lowest BCUT2D eigenvalue weighted by atomic mass is 9.53. The third-order valence-electron chi connectivity index (χ3n) is 12.4. The van der Waals surface area contributed by atoms with Crippen LogP contribution in [0.15, 0.2) is 48.5 Å². The van der Waals surface area contributed by atoms with Crippen LogP contribution in [0.25, 0.3) is 0 Å². The molecular weight excluding hydrogens is 574 g/mol. The monoisotopic (exact) mass is 627 g/mol. The average Bonchev–Trinajstić information content (AvgIpc) is 3.23. The van der Waals surface area contributed by atoms with Gasteiger partial charge >= 0.3 is 6.03 Å². The summed E-state index contributed by atoms with van der Waals surface area (Å²) < 4.78 is 13.4. The summed E-state index contributed by atoms with van der Waals surface area (Å²) in [4.78, 5) is 15.9. The van der Waals surface area contributed by atoms with Crippen molar-refractivity contribution in [2.24, 2.45) is 28.6 Å². The van der Waals surface area contributed by atoms with E-state index in [1.54, 1.807) is 0 Å². The Morgan fingerprint density at radius 3 is 2.15 bits per heavy atom. The summed E-state index contributed by atoms with van der Waals surface area (Å²) in [7, 11) is 0. The Labute approximate surface area is 274 Å². The van der Waals surface area contributed by atoms with Crippen molar-refractivity contribution >= 4 is 11.7 Å². The van der Waals surface area contributed by atoms with E-state index in [9.17, 15) is 9.90 Å². The van der Waals surface area contributed by atoms with E-state index in [2.05, 4.69) is 48.4 Å². The molecule has 248 valence electrons. The first-order chi connectivity index (χ1) is 22.0. The normalized spacial score (nSPS) is 39.3. The second-order valence-electron chi connectivity index (χ2n) is 17.4. The first-order valence-electron chi connectivity index (χ1n) is 18.0. The maximum Gasteiger partial charge on any atom is 0.319 e. The Kier molecular flexibility index (Phi) is 7.79. The van der Waals surface area contributed by atoms with E-state index in [4.69, 9.17) is 9.47 Å². The van der Waals surface area contributed by atoms with Gasteiger partial charge in [0.05, 0.1) is 18.8 Å². The summed E-state index contributed by atoms with van der Waals surface area (Å²) in [6.45, 7) is 9.41. The Balaban J connectivity index is 0.957. The Bertz CT molecular complexity index is 1390. The zero-order valence-electron chi connectivity index (χ0n) is 28.0. The lowest BCUT2D eigenvalue weighted by molar-refractivity contribution is -0.253. The molecule has 9 rings (SSSR count). The van der Waals surface area contributed by atoms with Crippen molar-refractivity contribution in [2.75, 3.05) is 18.4 Å². The van der Waals surface area contributed by atoms with E-state index in [0.29, 0.717) is 16.9 Å². The highest BCUT2D eigenvalue weighted by atomic mass is 16.7. The van der Waals surface area contributed by atoms with Crippen LogP contribution in [-0.4, -0.2) is 46.8 Å². The maximum atomic E-state index is 13.2. The highest BCUT2D eigenvalue weighted by molar-refractivity contribution is 5.89. The van der Waals surface area contributed by atoms with Crippen molar-refractivity contribution in [1.82, 2.24) is 10.2 Å². The summed E-state index contributed by atoms with van der Waals surface area (Å²) in [5.41, 5.74) is 4.51. The molecule has 5 aliphatic carbocycles. The number of anilines is 1. The number of benzene rings is 2. The largest absolute Gasteiger partial charge is 0.392 e. The second kappa shape index (κ2) is 11.6. The number of nitrogens with zero attached hydrogens (tertiary/aromatic N) is 1. The Morgan fingerprint density at radius 2 is 1.50 bits per heavy atom. The van der Waals surface area contributed by atoms with Crippen LogP contribution in [0.3, 0.4) is 0 Å². The molecule has 7 nitrogen and oxygen atoms in total. The van der Waals surface area contributed by atoms with Gasteiger partial charge in [-0.15, -0.1) is 0 Å². The van der Waals surface area contributed by atoms with Crippen LogP contribution < -0.4 is 10.6 Å². The van der Waals surface area contributed by atoms with E-state index in [0.717, 1.165) is 78.9 Å². The first kappa shape index (κ1) is 30.9. The highest BCUT2D eigenvalue weighted by Crippen LogP contribution is 2.56. The number of fused-ring (bicyclic) bond motifs is 2. The number of aliphatic hydroxyl groups is 1. The molecule has 46 heavy (non-hydrogen) atoms. The molecule has 2 aromatic carbocycles. The van der Waals surface area contributed by atoms with Gasteiger partial charge in [0.25, 0.3) is 0 Å². The number of urea groups is 1. The fraction of sp³-hybridized carbons (Fsp3) is 0.667. The van der Waals surface area contributed by atoms with E-state index in [1.807, 2.05) is 36.4 Å². The molecular formula is C39H53N3O4. The highest BCUT2D eigenvalue weighted by Gasteiger charge is 2.52. The van der Waals surface area contributed by atoms with Crippen LogP contribution in [0.4, 0.5) is 10.5 Å². The molecule has 7 aliphatic rings. The van der Waals surface area contributed by atoms with Crippen LogP contribution in [0.2, 0.25) is 0 Å². The van der Waals surface area contributed by atoms with Crippen LogP contribution in [0.5, 0.6) is 0 Å². The predicted molar refractivity (Wildman–Crippen MR) is 179 cm³/mol. The minimum Gasteiger partial charge on any atom is -0.392 e. The topological polar surface area (TPSA) is 83.1 Å². The molecule has 7 fully saturated rings. The average molecular weight is 628 g/mol. The van der Waals surface area contributed by atoms with Crippen molar-refractivity contribution in [3.05, 3.63) is 65.2 Å². The van der Waals surface area contributed by atoms with Gasteiger partial charge in [-0.1, -0.05) is 57.2 Å². The number of rotatable bonds is 7. The number of carbonyl (C=O) groups excluding carboxylic acids is 1. The predicted octanol–water partition coefficient (Wildman–Crippen LogP) is 7.72. The maximum absolute atomic E-state index is 13.2. The smallest absolute Gasteiger partial charge is 0.319 e. The molecule has 5 atom stereocenters. The van der Waals surface area contributed by atoms with Gasteiger partial charge in [0, 0.05) is 42.3 Å². The molecule has 6 bridgehead atoms. The number of nitrogens with one attached hydrogen (secondary N) is 2. The van der Waals surface area contributed by atoms with Gasteiger partial charge in [0.2, 0.25) is 0 Å². The molecule has 3 N–H and O–H groups in total. The van der Waals surface area contributed by atoms with Gasteiger partial charge in [-0.25, -0.2) is 4.79 Å². The zero-order valence-corrected chi connectivity index (χ0v) is 28.0. The van der Waals surface area contributed by atoms with E-state index in [1.165, 1.54) is 38.5 Å². The van der Waals surface area contributed by atoms with Gasteiger partial charge in [-0.3, -0.25) is 4.90 Å². The van der Waals surface area contributed by atoms with E-state index >= 15 is 0 Å². The minimum atomic E-state index is -0.495. The molecule has 2 saturated heterocycles. The number of hydrogen-bond donors (Lipinski definition) is 3. The number of likely N-dealkylation sites (tertiary alicyclic amines) is 1. The summed E-state index contributed by atoms with van der Waals surface area (Å²) in [5, 5.41) is 16.1. The minimum absolute atomic E-state index is 0.0109. The van der Waals surface area contributed by atoms with E-state index in [-0.39, 0.29) is 30.4 Å². The van der Waals surface area contributed by atoms with Gasteiger partial charge in [0.15, 0.2) is 6.29 Å². The van der Waals surface area contributed by atoms with Crippen LogP contribution in [-0.2, 0) is 16.1 Å². The SMILES string of the molecule is CC1(C)CC2CC(C)(CN2C[C@@H]2C[C@H](c3ccc(CO)cc3)O[C@H](c3ccc(NC(=O)NC45CC6CC(CC(C6)C4)C5)cc3)O2)C1. The molecule has 0 spiro atoms. The fourth-order valence-electron chi connectivity index (χ4n) is 11.5. The second-order valence-corrected chi connectivity index (χ2v) is 17.4. The van der Waals surface area contributed by atoms with Crippen molar-refractivity contribution in [3.8, 4) is 0 Å². The first-order valence-corrected chi connectivity index (χ1v) is 18.0. The van der Waals surface area contributed by atoms with Crippen molar-refractivity contribution < 1.29 is 19.4 Å². The molecule has 2 unspecified atom stereocenters. The Hall–Kier alpha value is -2.45. The standard InChI is InChI=1S/C39H53N3O4/c1-37(2)19-32-20-38(3,23-37)24-42(32)21-33-15-34(29-6-4-25(22-43)5-7-29)46-35(45-33)30-8-10-31(11-9-30)40-36(44)41-39-16-26-12-27(17-39)14-28(13-26)18-39/h4-11,26-28,32-35,43H,12-24H2,1-3H3,(H2,40,41,44)/t26?,27?,28?,32?,33-,34+,35+,38?,39?/m0/s1. The van der Waals surface area contributed by atoms with Crippen molar-refractivity contribution in [3.63, 3.8) is 0 Å². The Morgan fingerprint density at radius 1 is 0.848 bits per heavy atom. The molecule has 0 radical (unpaired) electrons. The van der Waals surface area contributed by atoms with Crippen LogP contribution >= 0.6 is 0 Å². The summed E-state index contributed by atoms with van der Waals surface area (Å²) >= 11 is 0. The number of carbonyl (C=O) groups is 1. The third-order valence-corrected chi connectivity index (χ3v) is 12.4. The molecule has 2 heterocycles. The van der Waals surface area contributed by atoms with Gasteiger partial charge < -0.3 is 25.2 Å². The number of amides is 2. The number of hydrogen-bond acceptors (Lipinski definition) is 5. The van der Waals surface area contributed by atoms with Gasteiger partial charge in [-0.2, -0.15) is 0 Å². The summed E-state index contributed by atoms with van der Waals surface area (Å²) in [6.07, 6.45) is 11.5. The van der Waals surface area contributed by atoms with Crippen LogP contribution in [0.1, 0.15) is 114 Å². The summed E-state index contributed by atoms with van der Waals surface area (Å²) in [6, 6.07) is 16.7. The molecule has 2 amide bonds. The molecule has 2 aliphatic heterocycles. The van der Waals surface area contributed by atoms with Crippen molar-refractivity contribution in [1.29, 1.82) is 0 Å². The lowest BCUT2D eigenvalue weighted by Crippen LogP contribution is -2.60. The fourth-order valence-corrected chi connectivity index (χ4v) is 11.5. The van der Waals surface area contributed by atoms with E-state index < -0.39 is 6.29 Å². The summed E-state index contributed by atoms with van der Waals surface area (Å²) in [5.74, 6) is 2.38. The van der Waals surface area contributed by atoms with Gasteiger partial charge in [0.1, 0.15) is 0 Å². The van der Waals surface area contributed by atoms with Crippen molar-refractivity contribution in [2.45, 2.75) is 122 Å².